The minimum atomic E-state index is -0.0219. The number of anilines is 2. The van der Waals surface area contributed by atoms with Gasteiger partial charge >= 0.3 is 6.01 Å². The van der Waals surface area contributed by atoms with Crippen LogP contribution in [0.25, 0.3) is 11.7 Å². The van der Waals surface area contributed by atoms with Gasteiger partial charge in [0.05, 0.1) is 6.54 Å². The molecule has 3 heterocycles. The van der Waals surface area contributed by atoms with Crippen LogP contribution in [0.1, 0.15) is 17.9 Å². The summed E-state index contributed by atoms with van der Waals surface area (Å²) in [6.07, 6.45) is 2.21. The van der Waals surface area contributed by atoms with Crippen molar-refractivity contribution in [3.8, 4) is 11.7 Å². The molecule has 0 bridgehead atoms. The lowest BCUT2D eigenvalue weighted by molar-refractivity contribution is 0.374. The van der Waals surface area contributed by atoms with E-state index >= 15 is 0 Å². The van der Waals surface area contributed by atoms with Crippen LogP contribution >= 0.6 is 0 Å². The highest BCUT2D eigenvalue weighted by Crippen LogP contribution is 2.28. The van der Waals surface area contributed by atoms with Crippen LogP contribution in [0.5, 0.6) is 0 Å². The van der Waals surface area contributed by atoms with Crippen molar-refractivity contribution in [1.29, 1.82) is 0 Å². The maximum Gasteiger partial charge on any atom is 0.313 e. The highest BCUT2D eigenvalue weighted by Gasteiger charge is 2.20. The molecule has 0 unspecified atom stereocenters. The molecular weight excluding hydrogens is 284 g/mol. The quantitative estimate of drug-likeness (QED) is 0.777. The number of aryl methyl sites for hydroxylation is 1. The number of nitrogens with zero attached hydrogens (tertiary/aromatic N) is 5. The fourth-order valence-corrected chi connectivity index (χ4v) is 2.67. The molecule has 22 heavy (non-hydrogen) atoms. The topological polar surface area (TPSA) is 107 Å². The number of hydrogen-bond donors (Lipinski definition) is 1. The van der Waals surface area contributed by atoms with Gasteiger partial charge in [0.2, 0.25) is 5.89 Å². The van der Waals surface area contributed by atoms with Crippen molar-refractivity contribution in [1.82, 2.24) is 20.3 Å². The Morgan fingerprint density at radius 2 is 2.14 bits per heavy atom. The van der Waals surface area contributed by atoms with Crippen LogP contribution in [0.4, 0.5) is 11.7 Å². The van der Waals surface area contributed by atoms with E-state index in [0.29, 0.717) is 12.4 Å². The van der Waals surface area contributed by atoms with Gasteiger partial charge in [-0.25, -0.2) is 0 Å². The standard InChI is InChI=1S/C14H14N6O2/c15-14-18-17-13(21-14)12-16-11(22-19-12)8-20-7-3-5-9-4-1-2-6-10(9)20/h1-2,4,6H,3,5,7-8H2,(H2,15,18). The van der Waals surface area contributed by atoms with Crippen molar-refractivity contribution in [3.63, 3.8) is 0 Å². The van der Waals surface area contributed by atoms with Gasteiger partial charge < -0.3 is 19.6 Å². The summed E-state index contributed by atoms with van der Waals surface area (Å²) in [5.74, 6) is 0.916. The van der Waals surface area contributed by atoms with Gasteiger partial charge in [-0.1, -0.05) is 28.5 Å². The average Bonchev–Trinajstić information content (AvgIpc) is 3.17. The zero-order valence-electron chi connectivity index (χ0n) is 11.8. The zero-order valence-corrected chi connectivity index (χ0v) is 11.8. The molecule has 112 valence electrons. The van der Waals surface area contributed by atoms with Crippen LogP contribution in [-0.2, 0) is 13.0 Å². The zero-order chi connectivity index (χ0) is 14.9. The van der Waals surface area contributed by atoms with Gasteiger partial charge in [0.25, 0.3) is 11.7 Å². The number of aromatic nitrogens is 4. The predicted octanol–water partition coefficient (Wildman–Crippen LogP) is 1.65. The first-order valence-electron chi connectivity index (χ1n) is 7.04. The van der Waals surface area contributed by atoms with Crippen LogP contribution in [-0.4, -0.2) is 26.9 Å². The normalized spacial score (nSPS) is 14.1. The Kier molecular flexibility index (Phi) is 2.99. The number of para-hydroxylation sites is 1. The van der Waals surface area contributed by atoms with Crippen LogP contribution in [0.2, 0.25) is 0 Å². The van der Waals surface area contributed by atoms with Crippen LogP contribution < -0.4 is 10.6 Å². The first-order valence-corrected chi connectivity index (χ1v) is 7.04. The summed E-state index contributed by atoms with van der Waals surface area (Å²) in [6, 6.07) is 8.35. The maximum absolute atomic E-state index is 5.39. The molecule has 1 aliphatic heterocycles. The molecule has 8 heteroatoms. The summed E-state index contributed by atoms with van der Waals surface area (Å²) in [4.78, 5) is 6.52. The Labute approximate surface area is 125 Å². The number of fused-ring (bicyclic) bond motifs is 1. The smallest absolute Gasteiger partial charge is 0.313 e. The molecule has 1 aromatic carbocycles. The van der Waals surface area contributed by atoms with E-state index in [9.17, 15) is 0 Å². The first kappa shape index (κ1) is 12.8. The molecule has 0 fully saturated rings. The van der Waals surface area contributed by atoms with E-state index in [4.69, 9.17) is 14.7 Å². The molecule has 2 aromatic heterocycles. The average molecular weight is 298 g/mol. The molecule has 2 N–H and O–H groups in total. The molecular formula is C14H14N6O2. The Morgan fingerprint density at radius 1 is 1.23 bits per heavy atom. The Morgan fingerprint density at radius 3 is 3.00 bits per heavy atom. The van der Waals surface area contributed by atoms with E-state index in [1.54, 1.807) is 0 Å². The molecule has 4 rings (SSSR count). The first-order chi connectivity index (χ1) is 10.8. The van der Waals surface area contributed by atoms with E-state index in [0.717, 1.165) is 19.4 Å². The molecule has 0 atom stereocenters. The minimum absolute atomic E-state index is 0.0219. The largest absolute Gasteiger partial charge is 0.400 e. The summed E-state index contributed by atoms with van der Waals surface area (Å²) in [5, 5.41) is 11.2. The van der Waals surface area contributed by atoms with Gasteiger partial charge in [0.15, 0.2) is 0 Å². The SMILES string of the molecule is Nc1nnc(-c2noc(CN3CCCc4ccccc43)n2)o1. The second-order valence-electron chi connectivity index (χ2n) is 5.11. The van der Waals surface area contributed by atoms with Crippen molar-refractivity contribution in [2.45, 2.75) is 19.4 Å². The number of hydrogen-bond acceptors (Lipinski definition) is 8. The lowest BCUT2D eigenvalue weighted by Crippen LogP contribution is -2.28. The van der Waals surface area contributed by atoms with Gasteiger partial charge in [-0.2, -0.15) is 4.98 Å². The second kappa shape index (κ2) is 5.14. The Hall–Kier alpha value is -2.90. The van der Waals surface area contributed by atoms with Crippen LogP contribution in [0.15, 0.2) is 33.2 Å². The molecule has 0 aliphatic carbocycles. The van der Waals surface area contributed by atoms with Crippen LogP contribution in [0.3, 0.4) is 0 Å². The number of nitrogens with two attached hydrogens (primary N) is 1. The number of nitrogen functional groups attached to an aromatic ring is 1. The highest BCUT2D eigenvalue weighted by atomic mass is 16.5. The molecule has 0 radical (unpaired) electrons. The third-order valence-electron chi connectivity index (χ3n) is 3.63. The molecule has 1 aliphatic rings. The van der Waals surface area contributed by atoms with Gasteiger partial charge in [0.1, 0.15) is 0 Å². The predicted molar refractivity (Wildman–Crippen MR) is 77.8 cm³/mol. The van der Waals surface area contributed by atoms with Crippen molar-refractivity contribution in [2.75, 3.05) is 17.2 Å². The van der Waals surface area contributed by atoms with Gasteiger partial charge in [-0.15, -0.1) is 5.10 Å². The van der Waals surface area contributed by atoms with E-state index < -0.39 is 0 Å². The van der Waals surface area contributed by atoms with E-state index in [2.05, 4.69) is 43.4 Å². The second-order valence-corrected chi connectivity index (χ2v) is 5.11. The van der Waals surface area contributed by atoms with E-state index in [1.807, 2.05) is 6.07 Å². The van der Waals surface area contributed by atoms with Crippen molar-refractivity contribution < 1.29 is 8.94 Å². The van der Waals surface area contributed by atoms with Gasteiger partial charge in [0, 0.05) is 12.2 Å². The summed E-state index contributed by atoms with van der Waals surface area (Å²) < 4.78 is 10.4. The third-order valence-corrected chi connectivity index (χ3v) is 3.63. The maximum atomic E-state index is 5.39. The molecule has 0 saturated heterocycles. The van der Waals surface area contributed by atoms with Gasteiger partial charge in [-0.05, 0) is 24.5 Å². The summed E-state index contributed by atoms with van der Waals surface area (Å²) in [6.45, 7) is 1.51. The summed E-state index contributed by atoms with van der Waals surface area (Å²) >= 11 is 0. The summed E-state index contributed by atoms with van der Waals surface area (Å²) in [5.41, 5.74) is 7.95. The Bertz CT molecular complexity index is 796. The van der Waals surface area contributed by atoms with E-state index in [1.165, 1.54) is 11.3 Å². The summed E-state index contributed by atoms with van der Waals surface area (Å²) in [7, 11) is 0. The Balaban J connectivity index is 1.56. The molecule has 8 nitrogen and oxygen atoms in total. The van der Waals surface area contributed by atoms with E-state index in [-0.39, 0.29) is 17.7 Å². The lowest BCUT2D eigenvalue weighted by Gasteiger charge is -2.29. The number of rotatable bonds is 3. The molecule has 0 spiro atoms. The molecule has 0 amide bonds. The highest BCUT2D eigenvalue weighted by molar-refractivity contribution is 5.55. The van der Waals surface area contributed by atoms with Crippen molar-refractivity contribution in [2.24, 2.45) is 0 Å². The minimum Gasteiger partial charge on any atom is -0.400 e. The fraction of sp³-hybridized carbons (Fsp3) is 0.286. The fourth-order valence-electron chi connectivity index (χ4n) is 2.67. The monoisotopic (exact) mass is 298 g/mol. The van der Waals surface area contributed by atoms with Crippen LogP contribution in [0, 0.1) is 0 Å². The van der Waals surface area contributed by atoms with Gasteiger partial charge in [-0.3, -0.25) is 0 Å². The third kappa shape index (κ3) is 2.28. The number of benzene rings is 1. The lowest BCUT2D eigenvalue weighted by atomic mass is 10.0. The van der Waals surface area contributed by atoms with Crippen molar-refractivity contribution >= 4 is 11.7 Å². The molecule has 0 saturated carbocycles. The van der Waals surface area contributed by atoms with Crippen molar-refractivity contribution in [3.05, 3.63) is 35.7 Å². The molecule has 3 aromatic rings.